The number of nitrogens with one attached hydrogen (secondary N) is 2. The van der Waals surface area contributed by atoms with E-state index in [1.807, 2.05) is 7.05 Å². The van der Waals surface area contributed by atoms with Crippen LogP contribution in [0, 0.1) is 6.92 Å². The van der Waals surface area contributed by atoms with Gasteiger partial charge in [0.05, 0.1) is 11.8 Å². The van der Waals surface area contributed by atoms with Gasteiger partial charge < -0.3 is 15.1 Å². The highest BCUT2D eigenvalue weighted by molar-refractivity contribution is 5.93. The minimum absolute atomic E-state index is 0.171. The van der Waals surface area contributed by atoms with E-state index in [1.165, 1.54) is 0 Å². The average molecular weight is 303 g/mol. The molecule has 0 saturated carbocycles. The molecule has 3 heterocycles. The summed E-state index contributed by atoms with van der Waals surface area (Å²) < 4.78 is 7.28. The number of aryl methyl sites for hydroxylation is 2. The lowest BCUT2D eigenvalue weighted by atomic mass is 10.0. The Balaban J connectivity index is 1.74. The minimum atomic E-state index is -0.171. The highest BCUT2D eigenvalue weighted by Crippen LogP contribution is 2.21. The fourth-order valence-corrected chi connectivity index (χ4v) is 2.78. The van der Waals surface area contributed by atoms with Gasteiger partial charge in [-0.2, -0.15) is 5.10 Å². The number of aromatic nitrogens is 3. The third-order valence-electron chi connectivity index (χ3n) is 3.92. The zero-order valence-electron chi connectivity index (χ0n) is 13.1. The van der Waals surface area contributed by atoms with E-state index in [0.717, 1.165) is 24.9 Å². The molecule has 2 aromatic heterocycles. The number of hydrogen-bond acceptors (Lipinski definition) is 5. The van der Waals surface area contributed by atoms with Crippen LogP contribution in [0.5, 0.6) is 0 Å². The van der Waals surface area contributed by atoms with Crippen LogP contribution in [0.3, 0.4) is 0 Å². The van der Waals surface area contributed by atoms with Crippen LogP contribution in [0.25, 0.3) is 11.5 Å². The second kappa shape index (κ2) is 5.92. The average Bonchev–Trinajstić information content (AvgIpc) is 3.05. The number of piperidine rings is 1. The predicted molar refractivity (Wildman–Crippen MR) is 81.4 cm³/mol. The quantitative estimate of drug-likeness (QED) is 0.891. The van der Waals surface area contributed by atoms with Gasteiger partial charge in [0.2, 0.25) is 5.89 Å². The van der Waals surface area contributed by atoms with E-state index in [2.05, 4.69) is 27.6 Å². The van der Waals surface area contributed by atoms with Gasteiger partial charge in [-0.3, -0.25) is 9.48 Å². The molecule has 3 rings (SSSR count). The van der Waals surface area contributed by atoms with Gasteiger partial charge in [-0.05, 0) is 33.2 Å². The number of rotatable bonds is 3. The Kier molecular flexibility index (Phi) is 3.98. The Morgan fingerprint density at radius 3 is 3.05 bits per heavy atom. The fraction of sp³-hybridized carbons (Fsp3) is 0.533. The van der Waals surface area contributed by atoms with Crippen LogP contribution in [0.4, 0.5) is 0 Å². The van der Waals surface area contributed by atoms with Crippen molar-refractivity contribution >= 4 is 5.91 Å². The highest BCUT2D eigenvalue weighted by Gasteiger charge is 2.24. The molecule has 0 spiro atoms. The summed E-state index contributed by atoms with van der Waals surface area (Å²) in [6, 6.07) is 0.602. The maximum atomic E-state index is 12.4. The highest BCUT2D eigenvalue weighted by atomic mass is 16.4. The van der Waals surface area contributed by atoms with Crippen molar-refractivity contribution < 1.29 is 9.21 Å². The summed E-state index contributed by atoms with van der Waals surface area (Å²) in [7, 11) is 1.82. The van der Waals surface area contributed by atoms with Crippen molar-refractivity contribution in [3.63, 3.8) is 0 Å². The molecule has 1 fully saturated rings. The van der Waals surface area contributed by atoms with Crippen molar-refractivity contribution in [2.45, 2.75) is 38.8 Å². The van der Waals surface area contributed by atoms with E-state index in [0.29, 0.717) is 23.4 Å². The molecule has 0 aromatic carbocycles. The Morgan fingerprint density at radius 1 is 1.55 bits per heavy atom. The van der Waals surface area contributed by atoms with E-state index in [-0.39, 0.29) is 11.9 Å². The van der Waals surface area contributed by atoms with Gasteiger partial charge in [0, 0.05) is 25.3 Å². The number of carbonyl (C=O) groups is 1. The number of amides is 1. The lowest BCUT2D eigenvalue weighted by molar-refractivity contribution is 0.0919. The van der Waals surface area contributed by atoms with Crippen LogP contribution in [-0.2, 0) is 7.05 Å². The van der Waals surface area contributed by atoms with Gasteiger partial charge in [0.15, 0.2) is 5.69 Å². The number of oxazole rings is 1. The summed E-state index contributed by atoms with van der Waals surface area (Å²) in [5.41, 5.74) is 1.12. The zero-order valence-corrected chi connectivity index (χ0v) is 13.1. The monoisotopic (exact) mass is 303 g/mol. The molecule has 2 atom stereocenters. The third kappa shape index (κ3) is 3.04. The van der Waals surface area contributed by atoms with E-state index in [4.69, 9.17) is 4.42 Å². The van der Waals surface area contributed by atoms with Gasteiger partial charge in [-0.25, -0.2) is 4.98 Å². The van der Waals surface area contributed by atoms with Crippen molar-refractivity contribution in [1.29, 1.82) is 0 Å². The van der Waals surface area contributed by atoms with E-state index >= 15 is 0 Å². The van der Waals surface area contributed by atoms with E-state index < -0.39 is 0 Å². The van der Waals surface area contributed by atoms with Crippen molar-refractivity contribution in [2.24, 2.45) is 7.05 Å². The van der Waals surface area contributed by atoms with Crippen LogP contribution >= 0.6 is 0 Å². The molecular formula is C15H21N5O2. The molecule has 1 aliphatic rings. The molecule has 7 heteroatoms. The molecule has 1 saturated heterocycles. The summed E-state index contributed by atoms with van der Waals surface area (Å²) in [4.78, 5) is 16.7. The Bertz CT molecular complexity index is 675. The first-order chi connectivity index (χ1) is 10.5. The molecule has 22 heavy (non-hydrogen) atoms. The van der Waals surface area contributed by atoms with Gasteiger partial charge in [0.25, 0.3) is 5.91 Å². The van der Waals surface area contributed by atoms with Crippen LogP contribution in [0.1, 0.15) is 36.0 Å². The van der Waals surface area contributed by atoms with Crippen LogP contribution in [0.15, 0.2) is 16.8 Å². The molecule has 0 bridgehead atoms. The van der Waals surface area contributed by atoms with Gasteiger partial charge in [0.1, 0.15) is 5.76 Å². The molecule has 0 radical (unpaired) electrons. The van der Waals surface area contributed by atoms with Crippen molar-refractivity contribution in [3.05, 3.63) is 23.8 Å². The normalized spacial score (nSPS) is 21.8. The molecule has 2 unspecified atom stereocenters. The maximum Gasteiger partial charge on any atom is 0.273 e. The molecule has 118 valence electrons. The molecule has 7 nitrogen and oxygen atoms in total. The lowest BCUT2D eigenvalue weighted by Gasteiger charge is -2.28. The molecule has 2 N–H and O–H groups in total. The number of nitrogens with zero attached hydrogens (tertiary/aromatic N) is 3. The van der Waals surface area contributed by atoms with Crippen molar-refractivity contribution in [1.82, 2.24) is 25.4 Å². The summed E-state index contributed by atoms with van der Waals surface area (Å²) in [6.07, 6.45) is 5.34. The van der Waals surface area contributed by atoms with Crippen LogP contribution in [0.2, 0.25) is 0 Å². The number of hydrogen-bond donors (Lipinski definition) is 2. The second-order valence-corrected chi connectivity index (χ2v) is 5.88. The molecular weight excluding hydrogens is 282 g/mol. The Morgan fingerprint density at radius 2 is 2.36 bits per heavy atom. The maximum absolute atomic E-state index is 12.4. The van der Waals surface area contributed by atoms with Crippen LogP contribution < -0.4 is 10.6 Å². The Hall–Kier alpha value is -2.15. The summed E-state index contributed by atoms with van der Waals surface area (Å²) in [5, 5.41) is 10.5. The van der Waals surface area contributed by atoms with Gasteiger partial charge in [-0.1, -0.05) is 0 Å². The van der Waals surface area contributed by atoms with Crippen molar-refractivity contribution in [3.8, 4) is 11.5 Å². The minimum Gasteiger partial charge on any atom is -0.440 e. The summed E-state index contributed by atoms with van der Waals surface area (Å²) >= 11 is 0. The largest absolute Gasteiger partial charge is 0.440 e. The molecule has 2 aromatic rings. The standard InChI is InChI=1S/C15H21N5O2/c1-9-6-12(4-5-16-9)18-14(21)13-10(2)22-15(19-13)11-7-17-20(3)8-11/h7-9,12,16H,4-6H2,1-3H3,(H,18,21). The Labute approximate surface area is 129 Å². The SMILES string of the molecule is Cc1oc(-c2cnn(C)c2)nc1C(=O)NC1CCNC(C)C1. The number of carbonyl (C=O) groups excluding carboxylic acids is 1. The first-order valence-electron chi connectivity index (χ1n) is 7.53. The first-order valence-corrected chi connectivity index (χ1v) is 7.53. The molecule has 1 amide bonds. The summed E-state index contributed by atoms with van der Waals surface area (Å²) in [5.74, 6) is 0.781. The molecule has 0 aliphatic carbocycles. The first kappa shape index (κ1) is 14.8. The fourth-order valence-electron chi connectivity index (χ4n) is 2.78. The topological polar surface area (TPSA) is 85.0 Å². The zero-order chi connectivity index (χ0) is 15.7. The van der Waals surface area contributed by atoms with Gasteiger partial charge >= 0.3 is 0 Å². The van der Waals surface area contributed by atoms with E-state index in [9.17, 15) is 4.79 Å². The van der Waals surface area contributed by atoms with Crippen molar-refractivity contribution in [2.75, 3.05) is 6.54 Å². The lowest BCUT2D eigenvalue weighted by Crippen LogP contribution is -2.46. The molecule has 1 aliphatic heterocycles. The third-order valence-corrected chi connectivity index (χ3v) is 3.92. The summed E-state index contributed by atoms with van der Waals surface area (Å²) in [6.45, 7) is 4.80. The smallest absolute Gasteiger partial charge is 0.273 e. The second-order valence-electron chi connectivity index (χ2n) is 5.88. The van der Waals surface area contributed by atoms with E-state index in [1.54, 1.807) is 24.0 Å². The predicted octanol–water partition coefficient (Wildman–Crippen LogP) is 1.25. The van der Waals surface area contributed by atoms with Crippen LogP contribution in [-0.4, -0.2) is 39.3 Å². The van der Waals surface area contributed by atoms with Gasteiger partial charge in [-0.15, -0.1) is 0 Å².